The van der Waals surface area contributed by atoms with Crippen molar-refractivity contribution in [1.29, 1.82) is 0 Å². The van der Waals surface area contributed by atoms with Crippen LogP contribution in [0.3, 0.4) is 0 Å². The van der Waals surface area contributed by atoms with Crippen LogP contribution >= 0.6 is 0 Å². The highest BCUT2D eigenvalue weighted by Crippen LogP contribution is 2.35. The van der Waals surface area contributed by atoms with Gasteiger partial charge >= 0.3 is 10.3 Å². The van der Waals surface area contributed by atoms with Gasteiger partial charge in [-0.15, -0.1) is 10.2 Å². The molecule has 2 atom stereocenters. The Kier molecular flexibility index (Phi) is 3.15. The molecule has 1 aliphatic heterocycles. The SMILES string of the molecule is CC[C@H]1CN(S(=O)(=O)O)C[C@H]1c1nnc2cnc3[nH]ccc3n12. The molecule has 9 nitrogen and oxygen atoms in total. The zero-order chi connectivity index (χ0) is 16.2. The Bertz CT molecular complexity index is 978. The summed E-state index contributed by atoms with van der Waals surface area (Å²) < 4.78 is 35.3. The minimum absolute atomic E-state index is 0.0754. The fourth-order valence-corrected chi connectivity index (χ4v) is 4.09. The van der Waals surface area contributed by atoms with Crippen LogP contribution in [0.4, 0.5) is 0 Å². The number of nitrogens with zero attached hydrogens (tertiary/aromatic N) is 5. The van der Waals surface area contributed by atoms with Gasteiger partial charge in [-0.3, -0.25) is 8.95 Å². The molecule has 2 N–H and O–H groups in total. The number of hydrogen-bond donors (Lipinski definition) is 2. The number of aromatic nitrogens is 5. The quantitative estimate of drug-likeness (QED) is 0.684. The predicted molar refractivity (Wildman–Crippen MR) is 82.3 cm³/mol. The summed E-state index contributed by atoms with van der Waals surface area (Å²) >= 11 is 0. The van der Waals surface area contributed by atoms with E-state index >= 15 is 0 Å². The summed E-state index contributed by atoms with van der Waals surface area (Å²) in [5.41, 5.74) is 2.19. The number of rotatable bonds is 3. The Morgan fingerprint density at radius 2 is 2.22 bits per heavy atom. The largest absolute Gasteiger partial charge is 0.345 e. The first-order valence-electron chi connectivity index (χ1n) is 7.38. The average molecular weight is 336 g/mol. The topological polar surface area (TPSA) is 116 Å². The number of hydrogen-bond acceptors (Lipinski definition) is 5. The van der Waals surface area contributed by atoms with Crippen LogP contribution in [0.25, 0.3) is 16.8 Å². The molecule has 3 aromatic heterocycles. The van der Waals surface area contributed by atoms with Gasteiger partial charge in [0, 0.05) is 25.2 Å². The first-order chi connectivity index (χ1) is 11.0. The molecule has 10 heteroatoms. The van der Waals surface area contributed by atoms with Crippen LogP contribution in [0, 0.1) is 5.92 Å². The van der Waals surface area contributed by atoms with Crippen molar-refractivity contribution in [2.24, 2.45) is 5.92 Å². The van der Waals surface area contributed by atoms with E-state index in [2.05, 4.69) is 20.2 Å². The zero-order valence-electron chi connectivity index (χ0n) is 12.4. The van der Waals surface area contributed by atoms with E-state index in [9.17, 15) is 13.0 Å². The summed E-state index contributed by atoms with van der Waals surface area (Å²) in [5.74, 6) is 0.647. The second-order valence-corrected chi connectivity index (χ2v) is 7.20. The molecule has 0 radical (unpaired) electrons. The average Bonchev–Trinajstić information content (AvgIpc) is 3.21. The zero-order valence-corrected chi connectivity index (χ0v) is 13.2. The van der Waals surface area contributed by atoms with E-state index in [-0.39, 0.29) is 24.9 Å². The standard InChI is InChI=1S/C13H16N6O3S/c1-2-8-6-18(23(20,21)22)7-9(8)13-17-16-11-5-15-12-10(19(11)13)3-4-14-12/h3-5,8-9,14H,2,6-7H2,1H3,(H,20,21,22)/t8-,9+/m0/s1. The van der Waals surface area contributed by atoms with Gasteiger partial charge in [-0.25, -0.2) is 4.98 Å². The van der Waals surface area contributed by atoms with E-state index in [0.717, 1.165) is 21.9 Å². The van der Waals surface area contributed by atoms with Gasteiger partial charge in [0.25, 0.3) is 0 Å². The Labute approximate surface area is 132 Å². The normalized spacial score (nSPS) is 23.2. The van der Waals surface area contributed by atoms with Crippen LogP contribution in [0.1, 0.15) is 25.1 Å². The molecule has 23 heavy (non-hydrogen) atoms. The third-order valence-electron chi connectivity index (χ3n) is 4.56. The van der Waals surface area contributed by atoms with Crippen LogP contribution in [0.2, 0.25) is 0 Å². The molecule has 4 heterocycles. The molecule has 0 aromatic carbocycles. The number of aromatic amines is 1. The van der Waals surface area contributed by atoms with Gasteiger partial charge in [-0.1, -0.05) is 13.3 Å². The molecule has 0 bridgehead atoms. The molecule has 122 valence electrons. The molecule has 0 spiro atoms. The van der Waals surface area contributed by atoms with E-state index in [1.54, 1.807) is 12.4 Å². The van der Waals surface area contributed by atoms with Gasteiger partial charge in [0.2, 0.25) is 0 Å². The van der Waals surface area contributed by atoms with Crippen LogP contribution in [-0.4, -0.2) is 54.9 Å². The highest BCUT2D eigenvalue weighted by atomic mass is 32.2. The monoisotopic (exact) mass is 336 g/mol. The lowest BCUT2D eigenvalue weighted by atomic mass is 9.93. The molecule has 1 fully saturated rings. The molecular weight excluding hydrogens is 320 g/mol. The summed E-state index contributed by atoms with van der Waals surface area (Å²) in [7, 11) is -4.20. The Balaban J connectivity index is 1.86. The van der Waals surface area contributed by atoms with Crippen molar-refractivity contribution in [2.75, 3.05) is 13.1 Å². The Morgan fingerprint density at radius 3 is 2.96 bits per heavy atom. The van der Waals surface area contributed by atoms with Crippen molar-refractivity contribution in [3.63, 3.8) is 0 Å². The molecule has 0 amide bonds. The van der Waals surface area contributed by atoms with Gasteiger partial charge in [0.05, 0.1) is 11.7 Å². The second kappa shape index (κ2) is 4.98. The Hall–Kier alpha value is -2.04. The number of nitrogens with one attached hydrogen (secondary N) is 1. The van der Waals surface area contributed by atoms with Gasteiger partial charge in [0.1, 0.15) is 5.82 Å². The van der Waals surface area contributed by atoms with Crippen molar-refractivity contribution in [3.05, 3.63) is 24.3 Å². The third-order valence-corrected chi connectivity index (χ3v) is 5.51. The van der Waals surface area contributed by atoms with Crippen LogP contribution in [-0.2, 0) is 10.3 Å². The highest BCUT2D eigenvalue weighted by molar-refractivity contribution is 7.83. The van der Waals surface area contributed by atoms with Gasteiger partial charge in [-0.2, -0.15) is 12.7 Å². The maximum absolute atomic E-state index is 11.5. The minimum atomic E-state index is -4.20. The van der Waals surface area contributed by atoms with Crippen LogP contribution in [0.5, 0.6) is 0 Å². The molecule has 1 saturated heterocycles. The van der Waals surface area contributed by atoms with E-state index in [4.69, 9.17) is 0 Å². The Morgan fingerprint density at radius 1 is 1.39 bits per heavy atom. The molecule has 0 unspecified atom stereocenters. The fraction of sp³-hybridized carbons (Fsp3) is 0.462. The summed E-state index contributed by atoms with van der Waals surface area (Å²) in [4.78, 5) is 7.32. The summed E-state index contributed by atoms with van der Waals surface area (Å²) in [6, 6.07) is 1.89. The molecule has 0 saturated carbocycles. The summed E-state index contributed by atoms with van der Waals surface area (Å²) in [6.07, 6.45) is 4.20. The first-order valence-corrected chi connectivity index (χ1v) is 8.78. The van der Waals surface area contributed by atoms with Crippen molar-refractivity contribution in [2.45, 2.75) is 19.3 Å². The molecule has 0 aliphatic carbocycles. The lowest BCUT2D eigenvalue weighted by Crippen LogP contribution is -2.28. The molecule has 1 aliphatic rings. The smallest absolute Gasteiger partial charge is 0.335 e. The van der Waals surface area contributed by atoms with E-state index in [1.807, 2.05) is 17.4 Å². The maximum atomic E-state index is 11.5. The maximum Gasteiger partial charge on any atom is 0.335 e. The second-order valence-electron chi connectivity index (χ2n) is 5.79. The van der Waals surface area contributed by atoms with E-state index in [1.165, 1.54) is 0 Å². The third kappa shape index (κ3) is 2.21. The molecular formula is C13H16N6O3S. The van der Waals surface area contributed by atoms with Gasteiger partial charge in [0.15, 0.2) is 11.3 Å². The van der Waals surface area contributed by atoms with Crippen molar-refractivity contribution in [3.8, 4) is 0 Å². The minimum Gasteiger partial charge on any atom is -0.345 e. The predicted octanol–water partition coefficient (Wildman–Crippen LogP) is 0.834. The van der Waals surface area contributed by atoms with Crippen LogP contribution < -0.4 is 0 Å². The van der Waals surface area contributed by atoms with Crippen molar-refractivity contribution >= 4 is 27.1 Å². The first kappa shape index (κ1) is 14.5. The van der Waals surface area contributed by atoms with Crippen molar-refractivity contribution in [1.82, 2.24) is 28.9 Å². The summed E-state index contributed by atoms with van der Waals surface area (Å²) in [6.45, 7) is 2.49. The van der Waals surface area contributed by atoms with Crippen LogP contribution in [0.15, 0.2) is 18.5 Å². The van der Waals surface area contributed by atoms with Gasteiger partial charge in [-0.05, 0) is 12.0 Å². The number of fused-ring (bicyclic) bond motifs is 3. The van der Waals surface area contributed by atoms with E-state index in [0.29, 0.717) is 11.5 Å². The van der Waals surface area contributed by atoms with Gasteiger partial charge < -0.3 is 4.98 Å². The number of H-pyrrole nitrogens is 1. The van der Waals surface area contributed by atoms with Crippen molar-refractivity contribution < 1.29 is 13.0 Å². The lowest BCUT2D eigenvalue weighted by Gasteiger charge is -2.14. The molecule has 4 rings (SSSR count). The lowest BCUT2D eigenvalue weighted by molar-refractivity contribution is 0.380. The highest BCUT2D eigenvalue weighted by Gasteiger charge is 2.40. The molecule has 3 aromatic rings. The summed E-state index contributed by atoms with van der Waals surface area (Å²) in [5, 5.41) is 8.43. The fourth-order valence-electron chi connectivity index (χ4n) is 3.36. The van der Waals surface area contributed by atoms with E-state index < -0.39 is 10.3 Å².